The van der Waals surface area contributed by atoms with Crippen LogP contribution in [0.25, 0.3) is 16.9 Å². The second-order valence-electron chi connectivity index (χ2n) is 10.8. The highest BCUT2D eigenvalue weighted by Crippen LogP contribution is 2.28. The first kappa shape index (κ1) is 27.8. The molecule has 0 aliphatic heterocycles. The molecule has 0 radical (unpaired) electrons. The number of thiophene rings is 1. The van der Waals surface area contributed by atoms with Crippen LogP contribution in [0.4, 0.5) is 5.82 Å². The Morgan fingerprint density at radius 2 is 1.98 bits per heavy atom. The van der Waals surface area contributed by atoms with E-state index in [-0.39, 0.29) is 24.5 Å². The summed E-state index contributed by atoms with van der Waals surface area (Å²) in [6, 6.07) is 9.37. The number of carbonyl (C=O) groups is 2. The summed E-state index contributed by atoms with van der Waals surface area (Å²) >= 11 is 1.51. The third-order valence-electron chi connectivity index (χ3n) is 7.20. The van der Waals surface area contributed by atoms with Crippen molar-refractivity contribution in [2.45, 2.75) is 64.6 Å². The zero-order chi connectivity index (χ0) is 28.1. The van der Waals surface area contributed by atoms with Crippen LogP contribution in [0.5, 0.6) is 0 Å². The molecule has 1 saturated carbocycles. The summed E-state index contributed by atoms with van der Waals surface area (Å²) in [6.07, 6.45) is 9.03. The van der Waals surface area contributed by atoms with Crippen LogP contribution in [0.15, 0.2) is 53.5 Å². The maximum Gasteiger partial charge on any atom is 0.270 e. The standard InChI is InChI=1S/C30H36N6O3S/c1-19(2)14-23(17-37)34-30(39)27-26(21-11-13-40-18-21)35-28-24(8-5-12-36(27)28)29(38)32-16-20-9-10-25(31-15-20)33-22-6-3-4-7-22/h5,8-13,15,18-19,22-23,37H,3-4,6-7,14,16-17H2,1-2H3,(H,31,33)(H,32,38)(H,34,39)/t23-/m0/s1. The lowest BCUT2D eigenvalue weighted by Crippen LogP contribution is -2.39. The van der Waals surface area contributed by atoms with Crippen LogP contribution in [-0.4, -0.2) is 50.0 Å². The molecule has 4 N–H and O–H groups in total. The van der Waals surface area contributed by atoms with Gasteiger partial charge in [-0.1, -0.05) is 32.8 Å². The number of imidazole rings is 1. The van der Waals surface area contributed by atoms with Gasteiger partial charge in [0.05, 0.1) is 18.2 Å². The summed E-state index contributed by atoms with van der Waals surface area (Å²) in [7, 11) is 0. The minimum absolute atomic E-state index is 0.158. The molecule has 1 fully saturated rings. The van der Waals surface area contributed by atoms with Crippen molar-refractivity contribution in [3.63, 3.8) is 0 Å². The Balaban J connectivity index is 1.37. The van der Waals surface area contributed by atoms with Gasteiger partial charge >= 0.3 is 0 Å². The summed E-state index contributed by atoms with van der Waals surface area (Å²) in [5.41, 5.74) is 3.28. The average Bonchev–Trinajstić information content (AvgIpc) is 3.72. The normalized spacial score (nSPS) is 14.5. The van der Waals surface area contributed by atoms with Gasteiger partial charge in [0.1, 0.15) is 17.2 Å². The molecule has 0 spiro atoms. The largest absolute Gasteiger partial charge is 0.394 e. The molecule has 210 valence electrons. The molecule has 4 aromatic heterocycles. The number of carbonyl (C=O) groups excluding carboxylic acids is 2. The number of amides is 2. The maximum atomic E-state index is 13.5. The van der Waals surface area contributed by atoms with Gasteiger partial charge in [0.15, 0.2) is 5.65 Å². The third kappa shape index (κ3) is 6.34. The van der Waals surface area contributed by atoms with Gasteiger partial charge in [-0.15, -0.1) is 0 Å². The van der Waals surface area contributed by atoms with Crippen LogP contribution < -0.4 is 16.0 Å². The van der Waals surface area contributed by atoms with Gasteiger partial charge in [0.2, 0.25) is 0 Å². The van der Waals surface area contributed by atoms with Crippen molar-refractivity contribution >= 4 is 34.6 Å². The van der Waals surface area contributed by atoms with Crippen molar-refractivity contribution in [1.82, 2.24) is 25.0 Å². The molecule has 2 amide bonds. The number of hydrogen-bond acceptors (Lipinski definition) is 7. The number of fused-ring (bicyclic) bond motifs is 1. The van der Waals surface area contributed by atoms with E-state index in [0.717, 1.165) is 16.9 Å². The summed E-state index contributed by atoms with van der Waals surface area (Å²) < 4.78 is 1.66. The number of anilines is 1. The number of rotatable bonds is 11. The van der Waals surface area contributed by atoms with Gasteiger partial charge in [0, 0.05) is 35.9 Å². The summed E-state index contributed by atoms with van der Waals surface area (Å²) in [5.74, 6) is 0.526. The molecule has 10 heteroatoms. The lowest BCUT2D eigenvalue weighted by atomic mass is 10.0. The molecule has 40 heavy (non-hydrogen) atoms. The molecule has 1 aliphatic rings. The number of aromatic nitrogens is 3. The van der Waals surface area contributed by atoms with Crippen LogP contribution in [0.2, 0.25) is 0 Å². The predicted octanol–water partition coefficient (Wildman–Crippen LogP) is 4.88. The fraction of sp³-hybridized carbons (Fsp3) is 0.400. The zero-order valence-electron chi connectivity index (χ0n) is 22.9. The van der Waals surface area contributed by atoms with Crippen molar-refractivity contribution < 1.29 is 14.7 Å². The topological polar surface area (TPSA) is 121 Å². The van der Waals surface area contributed by atoms with Crippen molar-refractivity contribution in [2.75, 3.05) is 11.9 Å². The van der Waals surface area contributed by atoms with Gasteiger partial charge in [-0.2, -0.15) is 11.3 Å². The van der Waals surface area contributed by atoms with E-state index in [1.807, 2.05) is 42.8 Å². The Labute approximate surface area is 238 Å². The number of aliphatic hydroxyl groups is 1. The average molecular weight is 561 g/mol. The van der Waals surface area contributed by atoms with Gasteiger partial charge in [-0.25, -0.2) is 9.97 Å². The number of hydrogen-bond donors (Lipinski definition) is 4. The Hall–Kier alpha value is -3.76. The highest BCUT2D eigenvalue weighted by atomic mass is 32.1. The molecular weight excluding hydrogens is 524 g/mol. The van der Waals surface area contributed by atoms with E-state index < -0.39 is 0 Å². The lowest BCUT2D eigenvalue weighted by molar-refractivity contribution is 0.0901. The molecule has 0 saturated heterocycles. The molecule has 9 nitrogen and oxygen atoms in total. The van der Waals surface area contributed by atoms with E-state index in [1.54, 1.807) is 28.9 Å². The number of aliphatic hydroxyl groups excluding tert-OH is 1. The molecule has 0 unspecified atom stereocenters. The predicted molar refractivity (Wildman–Crippen MR) is 158 cm³/mol. The second-order valence-corrected chi connectivity index (χ2v) is 11.6. The van der Waals surface area contributed by atoms with Crippen molar-refractivity contribution in [1.29, 1.82) is 0 Å². The Morgan fingerprint density at radius 1 is 1.15 bits per heavy atom. The number of pyridine rings is 2. The minimum Gasteiger partial charge on any atom is -0.394 e. The van der Waals surface area contributed by atoms with E-state index in [9.17, 15) is 14.7 Å². The lowest BCUT2D eigenvalue weighted by Gasteiger charge is -2.18. The Kier molecular flexibility index (Phi) is 8.76. The van der Waals surface area contributed by atoms with E-state index in [4.69, 9.17) is 4.98 Å². The first-order chi connectivity index (χ1) is 19.4. The smallest absolute Gasteiger partial charge is 0.270 e. The maximum absolute atomic E-state index is 13.5. The Bertz CT molecular complexity index is 1440. The molecule has 1 atom stereocenters. The summed E-state index contributed by atoms with van der Waals surface area (Å²) in [4.78, 5) is 36.1. The molecule has 1 aliphatic carbocycles. The molecule has 0 aromatic carbocycles. The monoisotopic (exact) mass is 560 g/mol. The highest BCUT2D eigenvalue weighted by molar-refractivity contribution is 7.08. The van der Waals surface area contributed by atoms with Crippen LogP contribution in [0.3, 0.4) is 0 Å². The van der Waals surface area contributed by atoms with Crippen molar-refractivity contribution in [2.24, 2.45) is 5.92 Å². The molecule has 5 rings (SSSR count). The number of nitrogens with zero attached hydrogens (tertiary/aromatic N) is 3. The Morgan fingerprint density at radius 3 is 2.65 bits per heavy atom. The minimum atomic E-state index is -0.381. The first-order valence-corrected chi connectivity index (χ1v) is 14.8. The van der Waals surface area contributed by atoms with Crippen LogP contribution >= 0.6 is 11.3 Å². The first-order valence-electron chi connectivity index (χ1n) is 13.9. The summed E-state index contributed by atoms with van der Waals surface area (Å²) in [5, 5.41) is 23.1. The number of nitrogens with one attached hydrogen (secondary N) is 3. The van der Waals surface area contributed by atoms with E-state index in [0.29, 0.717) is 47.5 Å². The van der Waals surface area contributed by atoms with Gasteiger partial charge in [0.25, 0.3) is 11.8 Å². The fourth-order valence-corrected chi connectivity index (χ4v) is 5.88. The van der Waals surface area contributed by atoms with Crippen LogP contribution in [-0.2, 0) is 6.54 Å². The van der Waals surface area contributed by atoms with Crippen molar-refractivity contribution in [3.8, 4) is 11.3 Å². The van der Waals surface area contributed by atoms with E-state index in [2.05, 4.69) is 20.9 Å². The van der Waals surface area contributed by atoms with E-state index in [1.165, 1.54) is 37.0 Å². The summed E-state index contributed by atoms with van der Waals surface area (Å²) in [6.45, 7) is 4.25. The second kappa shape index (κ2) is 12.6. The van der Waals surface area contributed by atoms with Gasteiger partial charge in [-0.05, 0) is 60.4 Å². The van der Waals surface area contributed by atoms with Crippen LogP contribution in [0, 0.1) is 5.92 Å². The molecule has 4 heterocycles. The zero-order valence-corrected chi connectivity index (χ0v) is 23.7. The van der Waals surface area contributed by atoms with Crippen LogP contribution in [0.1, 0.15) is 72.4 Å². The SMILES string of the molecule is CC(C)C[C@@H](CO)NC(=O)c1c(-c2ccsc2)nc2c(C(=O)NCc3ccc(NC4CCCC4)nc3)cccn12. The van der Waals surface area contributed by atoms with E-state index >= 15 is 0 Å². The fourth-order valence-electron chi connectivity index (χ4n) is 5.24. The van der Waals surface area contributed by atoms with Gasteiger partial charge < -0.3 is 21.1 Å². The highest BCUT2D eigenvalue weighted by Gasteiger charge is 2.26. The third-order valence-corrected chi connectivity index (χ3v) is 7.88. The quantitative estimate of drug-likeness (QED) is 0.208. The molecule has 0 bridgehead atoms. The molecular formula is C30H36N6O3S. The molecule has 4 aromatic rings. The van der Waals surface area contributed by atoms with Crippen molar-refractivity contribution in [3.05, 3.63) is 70.3 Å². The van der Waals surface area contributed by atoms with Gasteiger partial charge in [-0.3, -0.25) is 14.0 Å².